The number of aliphatic hydroxyl groups is 1. The molecule has 0 radical (unpaired) electrons. The Hall–Kier alpha value is -2.48. The van der Waals surface area contributed by atoms with E-state index in [9.17, 15) is 5.11 Å². The molecule has 0 aliphatic rings. The zero-order chi connectivity index (χ0) is 20.1. The first-order valence-electron chi connectivity index (χ1n) is 9.32. The van der Waals surface area contributed by atoms with E-state index in [0.29, 0.717) is 11.5 Å². The van der Waals surface area contributed by atoms with Crippen LogP contribution in [-0.2, 0) is 7.05 Å². The summed E-state index contributed by atoms with van der Waals surface area (Å²) in [4.78, 5) is 12.6. The van der Waals surface area contributed by atoms with E-state index in [-0.39, 0.29) is 0 Å². The van der Waals surface area contributed by atoms with Crippen LogP contribution in [0.2, 0.25) is 0 Å². The maximum Gasteiger partial charge on any atom is 0.167 e. The Balaban J connectivity index is 1.48. The van der Waals surface area contributed by atoms with Crippen LogP contribution in [0.25, 0.3) is 22.5 Å². The van der Waals surface area contributed by atoms with Crippen LogP contribution in [0.4, 0.5) is 0 Å². The van der Waals surface area contributed by atoms with Gasteiger partial charge in [-0.3, -0.25) is 0 Å². The second-order valence-corrected chi connectivity index (χ2v) is 8.59. The summed E-state index contributed by atoms with van der Waals surface area (Å²) in [7, 11) is 1.95. The van der Waals surface area contributed by atoms with E-state index >= 15 is 0 Å². The highest BCUT2D eigenvalue weighted by molar-refractivity contribution is 8.00. The van der Waals surface area contributed by atoms with Crippen molar-refractivity contribution >= 4 is 23.5 Å². The van der Waals surface area contributed by atoms with Gasteiger partial charge in [0.15, 0.2) is 10.3 Å². The highest BCUT2D eigenvalue weighted by atomic mass is 32.2. The highest BCUT2D eigenvalue weighted by Crippen LogP contribution is 2.33. The fraction of sp³-hybridized carbons (Fsp3) is 0.182. The van der Waals surface area contributed by atoms with Crippen molar-refractivity contribution in [2.45, 2.75) is 16.4 Å². The van der Waals surface area contributed by atoms with E-state index in [0.717, 1.165) is 32.8 Å². The van der Waals surface area contributed by atoms with Crippen LogP contribution in [-0.4, -0.2) is 42.2 Å². The lowest BCUT2D eigenvalue weighted by molar-refractivity contribution is 0.225. The van der Waals surface area contributed by atoms with E-state index in [1.807, 2.05) is 54.2 Å². The van der Waals surface area contributed by atoms with E-state index in [1.54, 1.807) is 18.0 Å². The number of benzene rings is 2. The molecule has 2 aromatic heterocycles. The summed E-state index contributed by atoms with van der Waals surface area (Å²) in [6, 6.07) is 20.4. The summed E-state index contributed by atoms with van der Waals surface area (Å²) in [5, 5.41) is 12.1. The highest BCUT2D eigenvalue weighted by Gasteiger charge is 2.16. The van der Waals surface area contributed by atoms with Crippen molar-refractivity contribution in [2.24, 2.45) is 7.05 Å². The summed E-state index contributed by atoms with van der Waals surface area (Å²) in [5.41, 5.74) is 4.09. The third-order valence-electron chi connectivity index (χ3n) is 4.39. The average Bonchev–Trinajstić information content (AvgIpc) is 3.38. The van der Waals surface area contributed by atoms with Gasteiger partial charge in [-0.05, 0) is 0 Å². The molecule has 0 saturated heterocycles. The van der Waals surface area contributed by atoms with Crippen molar-refractivity contribution in [1.29, 1.82) is 0 Å². The zero-order valence-corrected chi connectivity index (χ0v) is 17.7. The molecule has 5 nitrogen and oxygen atoms in total. The number of H-pyrrole nitrogens is 1. The molecule has 0 fully saturated rings. The predicted molar refractivity (Wildman–Crippen MR) is 120 cm³/mol. The maximum absolute atomic E-state index is 10.4. The van der Waals surface area contributed by atoms with E-state index < -0.39 is 6.10 Å². The van der Waals surface area contributed by atoms with Crippen molar-refractivity contribution in [3.05, 3.63) is 73.1 Å². The lowest BCUT2D eigenvalue weighted by Crippen LogP contribution is -2.13. The van der Waals surface area contributed by atoms with Gasteiger partial charge in [0, 0.05) is 42.1 Å². The number of hydrogen-bond acceptors (Lipinski definition) is 5. The van der Waals surface area contributed by atoms with Crippen molar-refractivity contribution in [1.82, 2.24) is 19.5 Å². The molecule has 7 heteroatoms. The van der Waals surface area contributed by atoms with Gasteiger partial charge in [0.25, 0.3) is 0 Å². The Bertz CT molecular complexity index is 990. The molecule has 0 amide bonds. The summed E-state index contributed by atoms with van der Waals surface area (Å²) in [6.45, 7) is 0. The van der Waals surface area contributed by atoms with Crippen LogP contribution in [0, 0.1) is 0 Å². The number of imidazole rings is 2. The molecule has 0 saturated carbocycles. The van der Waals surface area contributed by atoms with Crippen LogP contribution in [0.1, 0.15) is 0 Å². The normalized spacial score (nSPS) is 12.2. The molecule has 0 spiro atoms. The lowest BCUT2D eigenvalue weighted by atomic mass is 10.1. The molecule has 148 valence electrons. The molecule has 0 bridgehead atoms. The Kier molecular flexibility index (Phi) is 6.39. The van der Waals surface area contributed by atoms with E-state index in [2.05, 4.69) is 34.2 Å². The van der Waals surface area contributed by atoms with Crippen LogP contribution in [0.5, 0.6) is 0 Å². The van der Waals surface area contributed by atoms with Gasteiger partial charge in [0.2, 0.25) is 0 Å². The van der Waals surface area contributed by atoms with Gasteiger partial charge < -0.3 is 14.7 Å². The van der Waals surface area contributed by atoms with E-state index in [4.69, 9.17) is 4.98 Å². The fourth-order valence-electron chi connectivity index (χ4n) is 2.92. The molecule has 0 aliphatic heterocycles. The number of hydrogen-bond donors (Lipinski definition) is 2. The summed E-state index contributed by atoms with van der Waals surface area (Å²) < 4.78 is 1.95. The first-order chi connectivity index (χ1) is 14.2. The number of aliphatic hydroxyl groups excluding tert-OH is 1. The second kappa shape index (κ2) is 9.35. The van der Waals surface area contributed by atoms with Crippen LogP contribution >= 0.6 is 23.5 Å². The number of aromatic amines is 1. The molecule has 29 heavy (non-hydrogen) atoms. The first kappa shape index (κ1) is 19.8. The number of thioether (sulfide) groups is 2. The smallest absolute Gasteiger partial charge is 0.167 e. The quantitative estimate of drug-likeness (QED) is 0.402. The molecule has 2 N–H and O–H groups in total. The molecule has 0 aliphatic carbocycles. The van der Waals surface area contributed by atoms with Gasteiger partial charge in [0.05, 0.1) is 17.5 Å². The number of aromatic nitrogens is 4. The topological polar surface area (TPSA) is 66.7 Å². The van der Waals surface area contributed by atoms with Crippen LogP contribution in [0.3, 0.4) is 0 Å². The summed E-state index contributed by atoms with van der Waals surface area (Å²) >= 11 is 3.09. The lowest BCUT2D eigenvalue weighted by Gasteiger charge is -2.08. The molecule has 4 rings (SSSR count). The van der Waals surface area contributed by atoms with Crippen LogP contribution in [0.15, 0.2) is 83.4 Å². The standard InChI is InChI=1S/C22H22N4OS2/c1-26-13-12-23-22(26)29-15-18(27)14-28-21-24-19(16-8-4-2-5-9-16)20(25-21)17-10-6-3-7-11-17/h2-13,18,27H,14-15H2,1H3,(H,24,25). The molecule has 1 atom stereocenters. The Labute approximate surface area is 178 Å². The van der Waals surface area contributed by atoms with Gasteiger partial charge in [-0.1, -0.05) is 84.2 Å². The molecular weight excluding hydrogens is 400 g/mol. The monoisotopic (exact) mass is 422 g/mol. The second-order valence-electron chi connectivity index (χ2n) is 6.59. The predicted octanol–water partition coefficient (Wildman–Crippen LogP) is 4.72. The Morgan fingerprint density at radius 2 is 1.62 bits per heavy atom. The fourth-order valence-corrected chi connectivity index (χ4v) is 4.73. The Morgan fingerprint density at radius 3 is 2.28 bits per heavy atom. The van der Waals surface area contributed by atoms with Gasteiger partial charge in [0.1, 0.15) is 0 Å². The zero-order valence-electron chi connectivity index (χ0n) is 16.0. The van der Waals surface area contributed by atoms with E-state index in [1.165, 1.54) is 11.8 Å². The third-order valence-corrected chi connectivity index (χ3v) is 6.61. The van der Waals surface area contributed by atoms with Gasteiger partial charge in [-0.2, -0.15) is 0 Å². The number of rotatable bonds is 8. The third kappa shape index (κ3) is 4.93. The SMILES string of the molecule is Cn1ccnc1SCC(O)CSc1nc(-c2ccccc2)c(-c2ccccc2)[nH]1. The van der Waals surface area contributed by atoms with Gasteiger partial charge >= 0.3 is 0 Å². The molecular formula is C22H22N4OS2. The summed E-state index contributed by atoms with van der Waals surface area (Å²) in [6.07, 6.45) is 3.22. The number of aryl methyl sites for hydroxylation is 1. The first-order valence-corrected chi connectivity index (χ1v) is 11.3. The van der Waals surface area contributed by atoms with Gasteiger partial charge in [-0.25, -0.2) is 9.97 Å². The minimum atomic E-state index is -0.452. The molecule has 1 unspecified atom stereocenters. The average molecular weight is 423 g/mol. The molecule has 2 aromatic carbocycles. The number of nitrogens with zero attached hydrogens (tertiary/aromatic N) is 3. The van der Waals surface area contributed by atoms with Crippen molar-refractivity contribution in [3.63, 3.8) is 0 Å². The van der Waals surface area contributed by atoms with Crippen molar-refractivity contribution < 1.29 is 5.11 Å². The number of nitrogens with one attached hydrogen (secondary N) is 1. The minimum Gasteiger partial charge on any atom is -0.391 e. The van der Waals surface area contributed by atoms with Crippen LogP contribution < -0.4 is 0 Å². The van der Waals surface area contributed by atoms with Crippen molar-refractivity contribution in [2.75, 3.05) is 11.5 Å². The summed E-state index contributed by atoms with van der Waals surface area (Å²) in [5.74, 6) is 1.16. The largest absolute Gasteiger partial charge is 0.391 e. The molecule has 2 heterocycles. The van der Waals surface area contributed by atoms with Crippen molar-refractivity contribution in [3.8, 4) is 22.5 Å². The van der Waals surface area contributed by atoms with Gasteiger partial charge in [-0.15, -0.1) is 0 Å². The Morgan fingerprint density at radius 1 is 0.966 bits per heavy atom. The molecule has 4 aromatic rings. The minimum absolute atomic E-state index is 0.452. The maximum atomic E-state index is 10.4.